The van der Waals surface area contributed by atoms with E-state index in [1.165, 1.54) is 0 Å². The number of hydrogen-bond donors (Lipinski definition) is 0. The second-order valence-corrected chi connectivity index (χ2v) is 12.1. The van der Waals surface area contributed by atoms with Gasteiger partial charge in [0.2, 0.25) is 0 Å². The van der Waals surface area contributed by atoms with E-state index in [1.807, 2.05) is 27.7 Å². The highest BCUT2D eigenvalue weighted by molar-refractivity contribution is 6.73. The van der Waals surface area contributed by atoms with Crippen LogP contribution in [0.15, 0.2) is 0 Å². The van der Waals surface area contributed by atoms with Gasteiger partial charge in [-0.25, -0.2) is 0 Å². The summed E-state index contributed by atoms with van der Waals surface area (Å²) in [6, 6.07) is 0. The minimum atomic E-state index is -1.98. The van der Waals surface area contributed by atoms with Crippen molar-refractivity contribution in [3.05, 3.63) is 0 Å². The van der Waals surface area contributed by atoms with Gasteiger partial charge in [0.1, 0.15) is 0 Å². The Morgan fingerprint density at radius 1 is 0.857 bits per heavy atom. The van der Waals surface area contributed by atoms with Crippen LogP contribution in [0.25, 0.3) is 0 Å². The van der Waals surface area contributed by atoms with Gasteiger partial charge in [-0.1, -0.05) is 0 Å². The number of rotatable bonds is 2. The van der Waals surface area contributed by atoms with Crippen LogP contribution in [0.5, 0.6) is 0 Å². The molecule has 2 heterocycles. The Bertz CT molecular complexity index is 392. The first-order valence-electron chi connectivity index (χ1n) is 7.81. The molecule has 3 rings (SSSR count). The minimum absolute atomic E-state index is 0.0281. The summed E-state index contributed by atoms with van der Waals surface area (Å²) in [6.45, 7) is 12.4. The van der Waals surface area contributed by atoms with Crippen molar-refractivity contribution in [3.63, 3.8) is 0 Å². The molecular weight excluding hydrogens is 288 g/mol. The first kappa shape index (κ1) is 15.9. The van der Waals surface area contributed by atoms with Crippen molar-refractivity contribution < 1.29 is 23.4 Å². The fraction of sp³-hybridized carbons (Fsp3) is 1.00. The summed E-state index contributed by atoms with van der Waals surface area (Å²) in [6.07, 6.45) is 1.00. The van der Waals surface area contributed by atoms with Gasteiger partial charge in [0.15, 0.2) is 19.9 Å². The molecule has 2 aliphatic heterocycles. The Morgan fingerprint density at radius 3 is 1.67 bits per heavy atom. The molecule has 0 aromatic rings. The molecule has 1 aliphatic carbocycles. The zero-order valence-corrected chi connectivity index (χ0v) is 15.1. The van der Waals surface area contributed by atoms with Crippen LogP contribution in [0.3, 0.4) is 0 Å². The van der Waals surface area contributed by atoms with Gasteiger partial charge in [0, 0.05) is 19.1 Å². The SMILES string of the molecule is CO[Si](C)(C)C1[C@H]2OC(C)(C)O[C@H]2C[C@@H]2OC(C)(C)O[C@H]12. The third-order valence-corrected chi connectivity index (χ3v) is 8.26. The van der Waals surface area contributed by atoms with E-state index in [0.717, 1.165) is 6.42 Å². The van der Waals surface area contributed by atoms with Crippen molar-refractivity contribution in [1.82, 2.24) is 0 Å². The zero-order valence-electron chi connectivity index (χ0n) is 14.1. The fourth-order valence-corrected chi connectivity index (χ4v) is 6.46. The monoisotopic (exact) mass is 316 g/mol. The lowest BCUT2D eigenvalue weighted by Crippen LogP contribution is -2.56. The molecule has 0 radical (unpaired) electrons. The lowest BCUT2D eigenvalue weighted by molar-refractivity contribution is -0.163. The van der Waals surface area contributed by atoms with Crippen LogP contribution >= 0.6 is 0 Å². The van der Waals surface area contributed by atoms with Gasteiger partial charge in [-0.15, -0.1) is 0 Å². The number of fused-ring (bicyclic) bond motifs is 2. The van der Waals surface area contributed by atoms with Crippen molar-refractivity contribution in [3.8, 4) is 0 Å². The molecule has 0 aromatic carbocycles. The maximum Gasteiger partial charge on any atom is 0.194 e. The van der Waals surface area contributed by atoms with Gasteiger partial charge >= 0.3 is 0 Å². The molecule has 0 unspecified atom stereocenters. The summed E-state index contributed by atoms with van der Waals surface area (Å²) in [5.41, 5.74) is 0.204. The molecule has 6 heteroatoms. The molecule has 0 amide bonds. The highest BCUT2D eigenvalue weighted by Crippen LogP contribution is 2.52. The smallest absolute Gasteiger partial charge is 0.194 e. The Kier molecular flexibility index (Phi) is 3.60. The van der Waals surface area contributed by atoms with Gasteiger partial charge in [0.05, 0.1) is 24.4 Å². The zero-order chi connectivity index (χ0) is 15.6. The largest absolute Gasteiger partial charge is 0.420 e. The van der Waals surface area contributed by atoms with Gasteiger partial charge in [-0.05, 0) is 40.8 Å². The Morgan fingerprint density at radius 2 is 1.29 bits per heavy atom. The number of hydrogen-bond acceptors (Lipinski definition) is 5. The second-order valence-electron chi connectivity index (χ2n) is 7.85. The molecule has 4 atom stereocenters. The first-order valence-corrected chi connectivity index (χ1v) is 10.8. The summed E-state index contributed by atoms with van der Waals surface area (Å²) in [5, 5.41) is 0. The lowest BCUT2D eigenvalue weighted by atomic mass is 9.89. The Balaban J connectivity index is 1.94. The highest BCUT2D eigenvalue weighted by Gasteiger charge is 2.62. The molecule has 21 heavy (non-hydrogen) atoms. The molecule has 0 spiro atoms. The predicted molar refractivity (Wildman–Crippen MR) is 80.5 cm³/mol. The van der Waals surface area contributed by atoms with E-state index in [-0.39, 0.29) is 30.0 Å². The number of ether oxygens (including phenoxy) is 4. The van der Waals surface area contributed by atoms with Gasteiger partial charge < -0.3 is 23.4 Å². The molecule has 3 aliphatic rings. The molecular formula is C15H28O5Si. The minimum Gasteiger partial charge on any atom is -0.420 e. The molecule has 0 N–H and O–H groups in total. The first-order chi connectivity index (χ1) is 9.55. The van der Waals surface area contributed by atoms with Crippen molar-refractivity contribution in [2.75, 3.05) is 7.11 Å². The summed E-state index contributed by atoms with van der Waals surface area (Å²) >= 11 is 0. The maximum absolute atomic E-state index is 6.23. The third-order valence-electron chi connectivity index (χ3n) is 4.94. The molecule has 0 aromatic heterocycles. The summed E-state index contributed by atoms with van der Waals surface area (Å²) in [7, 11) is -0.185. The molecule has 2 saturated heterocycles. The van der Waals surface area contributed by atoms with Gasteiger partial charge in [-0.3, -0.25) is 0 Å². The van der Waals surface area contributed by atoms with Crippen molar-refractivity contribution in [2.45, 2.75) is 88.7 Å². The quantitative estimate of drug-likeness (QED) is 0.733. The van der Waals surface area contributed by atoms with Crippen LogP contribution in [-0.2, 0) is 23.4 Å². The molecule has 1 saturated carbocycles. The van der Waals surface area contributed by atoms with E-state index in [2.05, 4.69) is 13.1 Å². The van der Waals surface area contributed by atoms with E-state index in [1.54, 1.807) is 7.11 Å². The predicted octanol–water partition coefficient (Wildman–Crippen LogP) is 2.65. The summed E-state index contributed by atoms with van der Waals surface area (Å²) < 4.78 is 30.6. The molecule has 122 valence electrons. The fourth-order valence-electron chi connectivity index (χ4n) is 4.04. The van der Waals surface area contributed by atoms with Crippen LogP contribution in [0.4, 0.5) is 0 Å². The van der Waals surface area contributed by atoms with E-state index in [9.17, 15) is 0 Å². The maximum atomic E-state index is 6.23. The highest BCUT2D eigenvalue weighted by atomic mass is 28.4. The Hall–Kier alpha value is 0.0169. The van der Waals surface area contributed by atoms with E-state index in [4.69, 9.17) is 23.4 Å². The molecule has 5 nitrogen and oxygen atoms in total. The van der Waals surface area contributed by atoms with Crippen LogP contribution in [0.1, 0.15) is 34.1 Å². The van der Waals surface area contributed by atoms with Crippen molar-refractivity contribution in [2.24, 2.45) is 0 Å². The van der Waals surface area contributed by atoms with E-state index in [0.29, 0.717) is 0 Å². The van der Waals surface area contributed by atoms with Crippen LogP contribution < -0.4 is 0 Å². The molecule has 0 bridgehead atoms. The normalized spacial score (nSPS) is 44.4. The summed E-state index contributed by atoms with van der Waals surface area (Å²) in [4.78, 5) is 0. The lowest BCUT2D eigenvalue weighted by Gasteiger charge is -2.44. The standard InChI is InChI=1S/C15H28O5Si/c1-14(2)17-9-8-10-12(20-15(3,4)18-10)13(11(9)19-14)21(6,7)16-5/h9-13H,8H2,1-7H3/t9-,10-,11-,12-/m0/s1. The van der Waals surface area contributed by atoms with Crippen LogP contribution in [-0.4, -0.2) is 51.4 Å². The third kappa shape index (κ3) is 2.70. The van der Waals surface area contributed by atoms with Crippen LogP contribution in [0.2, 0.25) is 18.6 Å². The van der Waals surface area contributed by atoms with E-state index >= 15 is 0 Å². The molecule has 3 fully saturated rings. The Labute approximate surface area is 128 Å². The topological polar surface area (TPSA) is 46.2 Å². The van der Waals surface area contributed by atoms with Gasteiger partial charge in [0.25, 0.3) is 0 Å². The average Bonchev–Trinajstić information content (AvgIpc) is 2.77. The summed E-state index contributed by atoms with van der Waals surface area (Å²) in [5.74, 6) is -1.08. The average molecular weight is 316 g/mol. The second kappa shape index (κ2) is 4.76. The van der Waals surface area contributed by atoms with Gasteiger partial charge in [-0.2, -0.15) is 0 Å². The van der Waals surface area contributed by atoms with E-state index < -0.39 is 19.9 Å². The van der Waals surface area contributed by atoms with Crippen LogP contribution in [0, 0.1) is 0 Å². The van der Waals surface area contributed by atoms with Crippen molar-refractivity contribution >= 4 is 8.32 Å². The van der Waals surface area contributed by atoms with Crippen molar-refractivity contribution in [1.29, 1.82) is 0 Å².